The van der Waals surface area contributed by atoms with E-state index in [4.69, 9.17) is 21.1 Å². The first kappa shape index (κ1) is 27.6. The quantitative estimate of drug-likeness (QED) is 0.313. The van der Waals surface area contributed by atoms with Crippen molar-refractivity contribution in [3.05, 3.63) is 92.8 Å². The van der Waals surface area contributed by atoms with Gasteiger partial charge in [0.25, 0.3) is 5.91 Å². The van der Waals surface area contributed by atoms with Gasteiger partial charge in [0.15, 0.2) is 11.5 Å². The monoisotopic (exact) mass is 561 g/mol. The summed E-state index contributed by atoms with van der Waals surface area (Å²) in [4.78, 5) is 14.6. The molecule has 12 heteroatoms. The van der Waals surface area contributed by atoms with E-state index in [1.54, 1.807) is 6.07 Å². The van der Waals surface area contributed by atoms with Gasteiger partial charge in [-0.1, -0.05) is 17.7 Å². The lowest BCUT2D eigenvalue weighted by Crippen LogP contribution is -2.41. The minimum absolute atomic E-state index is 0.0648. The van der Waals surface area contributed by atoms with Gasteiger partial charge in [0, 0.05) is 22.7 Å². The summed E-state index contributed by atoms with van der Waals surface area (Å²) in [6.45, 7) is -0.158. The van der Waals surface area contributed by atoms with Crippen LogP contribution in [0.5, 0.6) is 11.5 Å². The number of carbonyl (C=O) groups is 1. The highest BCUT2D eigenvalue weighted by Gasteiger charge is 2.40. The standard InChI is InChI=1S/C26H19ClF7NO3/c1-37-20-10-13-6-7-35(23(17(13)12-21(20)38-2)22-18(27)4-3-5-19(22)28)24(36)14-8-15(25(29,30)31)11-16(9-14)26(32,33)34/h3-5,8-12,23H,6-7H2,1-2H3/t23-/m0/s1. The molecule has 4 nitrogen and oxygen atoms in total. The van der Waals surface area contributed by atoms with Crippen molar-refractivity contribution in [3.8, 4) is 11.5 Å². The Morgan fingerprint density at radius 1 is 0.921 bits per heavy atom. The highest BCUT2D eigenvalue weighted by Crippen LogP contribution is 2.45. The van der Waals surface area contributed by atoms with Crippen LogP contribution in [-0.4, -0.2) is 31.6 Å². The fraction of sp³-hybridized carbons (Fsp3) is 0.269. The van der Waals surface area contributed by atoms with Gasteiger partial charge in [-0.05, 0) is 60.0 Å². The Kier molecular flexibility index (Phi) is 7.26. The van der Waals surface area contributed by atoms with Gasteiger partial charge in [-0.2, -0.15) is 26.3 Å². The number of amides is 1. The zero-order valence-electron chi connectivity index (χ0n) is 19.8. The molecule has 1 aliphatic heterocycles. The van der Waals surface area contributed by atoms with Crippen LogP contribution in [-0.2, 0) is 18.8 Å². The molecule has 0 fully saturated rings. The van der Waals surface area contributed by atoms with Gasteiger partial charge < -0.3 is 14.4 Å². The average Bonchev–Trinajstić information content (AvgIpc) is 2.86. The van der Waals surface area contributed by atoms with Crippen molar-refractivity contribution in [2.75, 3.05) is 20.8 Å². The Hall–Kier alpha value is -3.47. The second-order valence-electron chi connectivity index (χ2n) is 8.49. The molecule has 0 unspecified atom stereocenters. The molecular formula is C26H19ClF7NO3. The number of hydrogen-bond donors (Lipinski definition) is 0. The Morgan fingerprint density at radius 3 is 2.03 bits per heavy atom. The normalized spacial score (nSPS) is 15.7. The van der Waals surface area contributed by atoms with Crippen LogP contribution in [0, 0.1) is 5.82 Å². The fourth-order valence-corrected chi connectivity index (χ4v) is 4.76. The topological polar surface area (TPSA) is 38.8 Å². The molecule has 4 rings (SSSR count). The van der Waals surface area contributed by atoms with Crippen LogP contribution in [0.1, 0.15) is 44.2 Å². The van der Waals surface area contributed by atoms with E-state index >= 15 is 4.39 Å². The predicted molar refractivity (Wildman–Crippen MR) is 124 cm³/mol. The maximum absolute atomic E-state index is 15.2. The molecule has 1 heterocycles. The third-order valence-corrected chi connectivity index (χ3v) is 6.57. The number of fused-ring (bicyclic) bond motifs is 1. The summed E-state index contributed by atoms with van der Waals surface area (Å²) < 4.78 is 107. The number of carbonyl (C=O) groups excluding carboxylic acids is 1. The van der Waals surface area contributed by atoms with Crippen molar-refractivity contribution >= 4 is 17.5 Å². The summed E-state index contributed by atoms with van der Waals surface area (Å²) in [6, 6.07) is 6.22. The smallest absolute Gasteiger partial charge is 0.416 e. The van der Waals surface area contributed by atoms with E-state index in [1.165, 1.54) is 32.4 Å². The highest BCUT2D eigenvalue weighted by molar-refractivity contribution is 6.31. The van der Waals surface area contributed by atoms with Gasteiger partial charge in [0.05, 0.1) is 31.4 Å². The van der Waals surface area contributed by atoms with E-state index in [-0.39, 0.29) is 35.4 Å². The second kappa shape index (κ2) is 10.0. The maximum atomic E-state index is 15.2. The molecule has 0 radical (unpaired) electrons. The molecule has 1 amide bonds. The van der Waals surface area contributed by atoms with Crippen molar-refractivity contribution in [2.45, 2.75) is 24.8 Å². The van der Waals surface area contributed by atoms with Gasteiger partial charge in [-0.3, -0.25) is 4.79 Å². The molecule has 3 aromatic carbocycles. The van der Waals surface area contributed by atoms with Crippen LogP contribution < -0.4 is 9.47 Å². The summed E-state index contributed by atoms with van der Waals surface area (Å²) >= 11 is 6.32. The predicted octanol–water partition coefficient (Wildman–Crippen LogP) is 7.32. The molecule has 0 aromatic heterocycles. The number of rotatable bonds is 4. The van der Waals surface area contributed by atoms with Crippen LogP contribution in [0.2, 0.25) is 5.02 Å². The Morgan fingerprint density at radius 2 is 1.50 bits per heavy atom. The summed E-state index contributed by atoms with van der Waals surface area (Å²) in [5.41, 5.74) is -3.36. The van der Waals surface area contributed by atoms with Crippen LogP contribution in [0.3, 0.4) is 0 Å². The molecular weight excluding hydrogens is 543 g/mol. The third kappa shape index (κ3) is 5.11. The summed E-state index contributed by atoms with van der Waals surface area (Å²) in [7, 11) is 2.75. The molecule has 0 bridgehead atoms. The van der Waals surface area contributed by atoms with Gasteiger partial charge in [0.2, 0.25) is 0 Å². The highest BCUT2D eigenvalue weighted by atomic mass is 35.5. The molecule has 0 saturated carbocycles. The number of ether oxygens (including phenoxy) is 2. The number of benzene rings is 3. The first-order valence-corrected chi connectivity index (χ1v) is 11.4. The molecule has 0 N–H and O–H groups in total. The average molecular weight is 562 g/mol. The molecule has 0 spiro atoms. The molecule has 3 aromatic rings. The zero-order valence-corrected chi connectivity index (χ0v) is 20.6. The number of halogens is 8. The Labute approximate surface area is 217 Å². The minimum atomic E-state index is -5.15. The van der Waals surface area contributed by atoms with Crippen molar-refractivity contribution in [1.29, 1.82) is 0 Å². The Balaban J connectivity index is 1.94. The number of alkyl halides is 6. The lowest BCUT2D eigenvalue weighted by molar-refractivity contribution is -0.143. The van der Waals surface area contributed by atoms with E-state index in [1.807, 2.05) is 0 Å². The van der Waals surface area contributed by atoms with E-state index in [2.05, 4.69) is 0 Å². The van der Waals surface area contributed by atoms with Crippen molar-refractivity contribution < 1.29 is 45.0 Å². The maximum Gasteiger partial charge on any atom is 0.416 e. The lowest BCUT2D eigenvalue weighted by Gasteiger charge is -2.38. The number of hydrogen-bond acceptors (Lipinski definition) is 3. The molecule has 1 aliphatic rings. The van der Waals surface area contributed by atoms with Crippen LogP contribution >= 0.6 is 11.6 Å². The van der Waals surface area contributed by atoms with Crippen LogP contribution in [0.4, 0.5) is 30.7 Å². The van der Waals surface area contributed by atoms with Crippen molar-refractivity contribution in [1.82, 2.24) is 4.90 Å². The van der Waals surface area contributed by atoms with Crippen LogP contribution in [0.25, 0.3) is 0 Å². The summed E-state index contributed by atoms with van der Waals surface area (Å²) in [6.07, 6.45) is -10.2. The molecule has 38 heavy (non-hydrogen) atoms. The molecule has 0 aliphatic carbocycles. The lowest BCUT2D eigenvalue weighted by atomic mass is 9.86. The number of methoxy groups -OCH3 is 2. The van der Waals surface area contributed by atoms with Crippen molar-refractivity contribution in [2.24, 2.45) is 0 Å². The van der Waals surface area contributed by atoms with Gasteiger partial charge >= 0.3 is 12.4 Å². The van der Waals surface area contributed by atoms with Gasteiger partial charge in [-0.15, -0.1) is 0 Å². The van der Waals surface area contributed by atoms with Gasteiger partial charge in [-0.25, -0.2) is 4.39 Å². The van der Waals surface area contributed by atoms with E-state index < -0.39 is 46.8 Å². The zero-order chi connectivity index (χ0) is 28.0. The fourth-order valence-electron chi connectivity index (χ4n) is 4.49. The first-order valence-electron chi connectivity index (χ1n) is 11.1. The van der Waals surface area contributed by atoms with Crippen molar-refractivity contribution in [3.63, 3.8) is 0 Å². The molecule has 1 atom stereocenters. The first-order chi connectivity index (χ1) is 17.8. The molecule has 202 valence electrons. The molecule has 0 saturated heterocycles. The van der Waals surface area contributed by atoms with E-state index in [9.17, 15) is 31.1 Å². The Bertz CT molecular complexity index is 1340. The third-order valence-electron chi connectivity index (χ3n) is 6.24. The minimum Gasteiger partial charge on any atom is -0.493 e. The largest absolute Gasteiger partial charge is 0.493 e. The van der Waals surface area contributed by atoms with Gasteiger partial charge in [0.1, 0.15) is 5.82 Å². The SMILES string of the molecule is COc1cc2c(cc1OC)[C@@H](c1c(F)cccc1Cl)N(C(=O)c1cc(C(F)(F)F)cc(C(F)(F)F)c1)CC2. The second-order valence-corrected chi connectivity index (χ2v) is 8.89. The summed E-state index contributed by atoms with van der Waals surface area (Å²) in [5.74, 6) is -1.41. The summed E-state index contributed by atoms with van der Waals surface area (Å²) in [5, 5.41) is -0.0875. The number of nitrogens with zero attached hydrogens (tertiary/aromatic N) is 1. The van der Waals surface area contributed by atoms with Crippen LogP contribution in [0.15, 0.2) is 48.5 Å². The van der Waals surface area contributed by atoms with E-state index in [0.717, 1.165) is 11.0 Å². The van der Waals surface area contributed by atoms with E-state index in [0.29, 0.717) is 29.0 Å².